The van der Waals surface area contributed by atoms with E-state index in [0.29, 0.717) is 12.8 Å². The van der Waals surface area contributed by atoms with E-state index in [9.17, 15) is 18.5 Å². The second kappa shape index (κ2) is 6.83. The Kier molecular flexibility index (Phi) is 5.64. The van der Waals surface area contributed by atoms with E-state index in [1.807, 2.05) is 13.8 Å². The molecule has 1 aromatic rings. The van der Waals surface area contributed by atoms with Crippen LogP contribution in [0.5, 0.6) is 0 Å². The minimum Gasteiger partial charge on any atom is -0.318 e. The van der Waals surface area contributed by atoms with Crippen molar-refractivity contribution in [1.29, 1.82) is 0 Å². The van der Waals surface area contributed by atoms with Crippen LogP contribution >= 0.6 is 0 Å². The number of nitro benzene ring substituents is 1. The molecule has 0 spiro atoms. The third-order valence-electron chi connectivity index (χ3n) is 3.45. The average Bonchev–Trinajstić information content (AvgIpc) is 2.47. The van der Waals surface area contributed by atoms with Crippen molar-refractivity contribution in [3.05, 3.63) is 28.3 Å². The molecule has 0 saturated heterocycles. The summed E-state index contributed by atoms with van der Waals surface area (Å²) in [6, 6.07) is 3.39. The lowest BCUT2D eigenvalue weighted by atomic mass is 10.2. The fourth-order valence-electron chi connectivity index (χ4n) is 2.12. The van der Waals surface area contributed by atoms with Gasteiger partial charge < -0.3 is 5.43 Å². The Morgan fingerprint density at radius 3 is 2.38 bits per heavy atom. The van der Waals surface area contributed by atoms with Crippen LogP contribution in [0.4, 0.5) is 11.4 Å². The summed E-state index contributed by atoms with van der Waals surface area (Å²) in [4.78, 5) is 10.2. The Morgan fingerprint density at radius 2 is 1.95 bits per heavy atom. The molecule has 1 rings (SSSR count). The monoisotopic (exact) mass is 316 g/mol. The summed E-state index contributed by atoms with van der Waals surface area (Å²) < 4.78 is 26.3. The highest BCUT2D eigenvalue weighted by molar-refractivity contribution is 7.89. The molecule has 0 heterocycles. The van der Waals surface area contributed by atoms with Gasteiger partial charge in [0.1, 0.15) is 5.69 Å². The summed E-state index contributed by atoms with van der Waals surface area (Å²) in [7, 11) is -2.22. The van der Waals surface area contributed by atoms with E-state index in [0.717, 1.165) is 6.07 Å². The SMILES string of the molecule is CCC(CC)N(C)S(=O)(=O)c1ccc([N+](=O)[O-])c(NN)c1. The minimum absolute atomic E-state index is 0.0320. The van der Waals surface area contributed by atoms with Gasteiger partial charge in [0, 0.05) is 19.2 Å². The summed E-state index contributed by atoms with van der Waals surface area (Å²) in [5.74, 6) is 5.23. The van der Waals surface area contributed by atoms with Crippen LogP contribution in [0.2, 0.25) is 0 Å². The van der Waals surface area contributed by atoms with E-state index in [1.54, 1.807) is 0 Å². The van der Waals surface area contributed by atoms with Gasteiger partial charge in [0.05, 0.1) is 9.82 Å². The predicted octanol–water partition coefficient (Wildman–Crippen LogP) is 1.69. The molecule has 3 N–H and O–H groups in total. The number of hydrogen-bond donors (Lipinski definition) is 2. The molecular weight excluding hydrogens is 296 g/mol. The Hall–Kier alpha value is -1.71. The topological polar surface area (TPSA) is 119 Å². The summed E-state index contributed by atoms with van der Waals surface area (Å²) in [6.07, 6.45) is 1.36. The third-order valence-corrected chi connectivity index (χ3v) is 5.36. The van der Waals surface area contributed by atoms with Gasteiger partial charge >= 0.3 is 0 Å². The number of nitrogens with two attached hydrogens (primary N) is 1. The van der Waals surface area contributed by atoms with E-state index in [2.05, 4.69) is 5.43 Å². The van der Waals surface area contributed by atoms with Gasteiger partial charge in [0.25, 0.3) is 5.69 Å². The molecule has 0 radical (unpaired) electrons. The molecule has 0 fully saturated rings. The zero-order chi connectivity index (χ0) is 16.2. The fourth-order valence-corrected chi connectivity index (χ4v) is 3.65. The van der Waals surface area contributed by atoms with E-state index in [4.69, 9.17) is 5.84 Å². The highest BCUT2D eigenvalue weighted by Crippen LogP contribution is 2.28. The lowest BCUT2D eigenvalue weighted by molar-refractivity contribution is -0.384. The number of rotatable bonds is 7. The molecule has 0 aliphatic heterocycles. The van der Waals surface area contributed by atoms with Gasteiger partial charge in [-0.3, -0.25) is 16.0 Å². The van der Waals surface area contributed by atoms with Crippen LogP contribution in [-0.2, 0) is 10.0 Å². The van der Waals surface area contributed by atoms with Crippen molar-refractivity contribution in [2.75, 3.05) is 12.5 Å². The number of hydrogen-bond acceptors (Lipinski definition) is 6. The summed E-state index contributed by atoms with van der Waals surface area (Å²) in [6.45, 7) is 3.81. The van der Waals surface area contributed by atoms with Gasteiger partial charge in [-0.1, -0.05) is 13.8 Å². The van der Waals surface area contributed by atoms with Crippen LogP contribution in [0, 0.1) is 10.1 Å². The molecule has 118 valence electrons. The summed E-state index contributed by atoms with van der Waals surface area (Å²) >= 11 is 0. The number of nitrogens with zero attached hydrogens (tertiary/aromatic N) is 2. The lowest BCUT2D eigenvalue weighted by Gasteiger charge is -2.25. The van der Waals surface area contributed by atoms with Crippen LogP contribution in [0.25, 0.3) is 0 Å². The van der Waals surface area contributed by atoms with Crippen molar-refractivity contribution in [3.8, 4) is 0 Å². The van der Waals surface area contributed by atoms with Crippen LogP contribution in [0.3, 0.4) is 0 Å². The van der Waals surface area contributed by atoms with Gasteiger partial charge in [-0.05, 0) is 25.0 Å². The summed E-state index contributed by atoms with van der Waals surface area (Å²) in [5.41, 5.74) is 1.84. The molecule has 0 amide bonds. The molecule has 21 heavy (non-hydrogen) atoms. The first-order valence-electron chi connectivity index (χ1n) is 6.52. The van der Waals surface area contributed by atoms with Crippen LogP contribution in [-0.4, -0.2) is 30.7 Å². The number of anilines is 1. The van der Waals surface area contributed by atoms with E-state index in [1.165, 1.54) is 23.5 Å². The minimum atomic E-state index is -3.72. The summed E-state index contributed by atoms with van der Waals surface area (Å²) in [5, 5.41) is 10.8. The molecule has 0 bridgehead atoms. The van der Waals surface area contributed by atoms with Crippen molar-refractivity contribution >= 4 is 21.4 Å². The molecule has 0 aliphatic carbocycles. The van der Waals surface area contributed by atoms with E-state index < -0.39 is 14.9 Å². The van der Waals surface area contributed by atoms with Crippen LogP contribution in [0.15, 0.2) is 23.1 Å². The normalized spacial score (nSPS) is 11.9. The number of benzene rings is 1. The number of hydrazine groups is 1. The molecule has 8 nitrogen and oxygen atoms in total. The smallest absolute Gasteiger partial charge is 0.293 e. The van der Waals surface area contributed by atoms with Gasteiger partial charge in [-0.15, -0.1) is 0 Å². The average molecular weight is 316 g/mol. The number of nitrogen functional groups attached to an aromatic ring is 1. The molecular formula is C12H20N4O4S. The largest absolute Gasteiger partial charge is 0.318 e. The first-order valence-corrected chi connectivity index (χ1v) is 7.96. The first kappa shape index (κ1) is 17.3. The maximum Gasteiger partial charge on any atom is 0.293 e. The quantitative estimate of drug-likeness (QED) is 0.449. The van der Waals surface area contributed by atoms with Crippen molar-refractivity contribution in [1.82, 2.24) is 4.31 Å². The molecule has 0 atom stereocenters. The molecule has 0 aliphatic rings. The standard InChI is InChI=1S/C12H20N4O4S/c1-4-9(5-2)15(3)21(19,20)10-6-7-12(16(17)18)11(8-10)14-13/h6-9,14H,4-5,13H2,1-3H3. The Bertz CT molecular complexity index is 614. The fraction of sp³-hybridized carbons (Fsp3) is 0.500. The zero-order valence-corrected chi connectivity index (χ0v) is 13.1. The van der Waals surface area contributed by atoms with Gasteiger partial charge in [0.15, 0.2) is 0 Å². The molecule has 0 saturated carbocycles. The molecule has 0 unspecified atom stereocenters. The van der Waals surface area contributed by atoms with Crippen molar-refractivity contribution < 1.29 is 13.3 Å². The molecule has 0 aromatic heterocycles. The first-order chi connectivity index (χ1) is 9.79. The van der Waals surface area contributed by atoms with Crippen LogP contribution < -0.4 is 11.3 Å². The van der Waals surface area contributed by atoms with Crippen molar-refractivity contribution in [2.45, 2.75) is 37.6 Å². The molecule has 9 heteroatoms. The van der Waals surface area contributed by atoms with Gasteiger partial charge in [0.2, 0.25) is 10.0 Å². The highest BCUT2D eigenvalue weighted by Gasteiger charge is 2.27. The Morgan fingerprint density at radius 1 is 1.38 bits per heavy atom. The zero-order valence-electron chi connectivity index (χ0n) is 12.2. The lowest BCUT2D eigenvalue weighted by Crippen LogP contribution is -2.36. The van der Waals surface area contributed by atoms with Gasteiger partial charge in [-0.2, -0.15) is 4.31 Å². The maximum absolute atomic E-state index is 12.5. The number of nitrogens with one attached hydrogen (secondary N) is 1. The number of sulfonamides is 1. The number of nitro groups is 1. The van der Waals surface area contributed by atoms with Crippen molar-refractivity contribution in [2.24, 2.45) is 5.84 Å². The Balaban J connectivity index is 3.29. The van der Waals surface area contributed by atoms with E-state index >= 15 is 0 Å². The Labute approximate surface area is 124 Å². The maximum atomic E-state index is 12.5. The third kappa shape index (κ3) is 3.49. The van der Waals surface area contributed by atoms with Crippen LogP contribution in [0.1, 0.15) is 26.7 Å². The van der Waals surface area contributed by atoms with E-state index in [-0.39, 0.29) is 22.3 Å². The second-order valence-corrected chi connectivity index (χ2v) is 6.57. The second-order valence-electron chi connectivity index (χ2n) is 4.57. The molecule has 1 aromatic carbocycles. The van der Waals surface area contributed by atoms with Gasteiger partial charge in [-0.25, -0.2) is 8.42 Å². The predicted molar refractivity (Wildman–Crippen MR) is 80.2 cm³/mol. The highest BCUT2D eigenvalue weighted by atomic mass is 32.2. The van der Waals surface area contributed by atoms with Crippen molar-refractivity contribution in [3.63, 3.8) is 0 Å².